The van der Waals surface area contributed by atoms with Crippen LogP contribution in [-0.2, 0) is 6.42 Å². The van der Waals surface area contributed by atoms with Gasteiger partial charge in [0.05, 0.1) is 5.92 Å². The zero-order valence-corrected chi connectivity index (χ0v) is 15.9. The molecule has 9 nitrogen and oxygen atoms in total. The van der Waals surface area contributed by atoms with E-state index in [0.29, 0.717) is 49.0 Å². The van der Waals surface area contributed by atoms with E-state index in [-0.39, 0.29) is 17.7 Å². The van der Waals surface area contributed by atoms with E-state index in [9.17, 15) is 9.59 Å². The molecule has 2 amide bonds. The monoisotopic (exact) mass is 392 g/mol. The molecule has 0 N–H and O–H groups in total. The number of hydrogen-bond acceptors (Lipinski definition) is 7. The van der Waals surface area contributed by atoms with Crippen molar-refractivity contribution in [2.75, 3.05) is 26.7 Å². The maximum Gasteiger partial charge on any atom is 0.272 e. The summed E-state index contributed by atoms with van der Waals surface area (Å²) in [6, 6.07) is 8.62. The van der Waals surface area contributed by atoms with E-state index in [1.165, 1.54) is 0 Å². The van der Waals surface area contributed by atoms with E-state index in [2.05, 4.69) is 20.1 Å². The Hall–Kier alpha value is -3.62. The highest BCUT2D eigenvalue weighted by atomic mass is 16.5. The smallest absolute Gasteiger partial charge is 0.272 e. The van der Waals surface area contributed by atoms with Crippen molar-refractivity contribution in [1.82, 2.24) is 29.9 Å². The first-order valence-electron chi connectivity index (χ1n) is 9.30. The van der Waals surface area contributed by atoms with Crippen molar-refractivity contribution in [2.45, 2.75) is 12.3 Å². The Kier molecular flexibility index (Phi) is 5.28. The molecule has 3 aromatic rings. The Balaban J connectivity index is 1.27. The highest BCUT2D eigenvalue weighted by Crippen LogP contribution is 2.26. The van der Waals surface area contributed by atoms with Gasteiger partial charge >= 0.3 is 0 Å². The summed E-state index contributed by atoms with van der Waals surface area (Å²) >= 11 is 0. The lowest BCUT2D eigenvalue weighted by atomic mass is 9.99. The summed E-state index contributed by atoms with van der Waals surface area (Å²) < 4.78 is 5.35. The Morgan fingerprint density at radius 2 is 1.97 bits per heavy atom. The zero-order chi connectivity index (χ0) is 20.2. The number of aromatic nitrogens is 4. The molecule has 0 aliphatic carbocycles. The van der Waals surface area contributed by atoms with Gasteiger partial charge in [0, 0.05) is 57.3 Å². The minimum Gasteiger partial charge on any atom is -0.341 e. The van der Waals surface area contributed by atoms with Crippen LogP contribution in [0.25, 0.3) is 0 Å². The van der Waals surface area contributed by atoms with E-state index in [1.54, 1.807) is 65.8 Å². The van der Waals surface area contributed by atoms with Gasteiger partial charge in [-0.2, -0.15) is 4.98 Å². The summed E-state index contributed by atoms with van der Waals surface area (Å²) in [7, 11) is 1.73. The fourth-order valence-electron chi connectivity index (χ4n) is 3.07. The van der Waals surface area contributed by atoms with Gasteiger partial charge in [-0.15, -0.1) is 0 Å². The number of amides is 2. The lowest BCUT2D eigenvalue weighted by molar-refractivity contribution is 0.0563. The summed E-state index contributed by atoms with van der Waals surface area (Å²) in [6.07, 6.45) is 5.27. The van der Waals surface area contributed by atoms with Crippen LogP contribution in [0.1, 0.15) is 38.5 Å². The van der Waals surface area contributed by atoms with Crippen LogP contribution in [0.2, 0.25) is 0 Å². The standard InChI is InChI=1S/C20H20N6O3/c1-25(19(27)14-5-9-21-10-6-14)11-7-17-23-18(29-24-17)15-12-26(13-15)20(28)16-4-2-3-8-22-16/h2-6,8-10,15H,7,11-13H2,1H3. The zero-order valence-electron chi connectivity index (χ0n) is 15.9. The first-order chi connectivity index (χ1) is 14.1. The number of hydrogen-bond donors (Lipinski definition) is 0. The van der Waals surface area contributed by atoms with E-state index < -0.39 is 0 Å². The SMILES string of the molecule is CN(CCc1noc(C2CN(C(=O)c3ccccn3)C2)n1)C(=O)c1ccncc1. The van der Waals surface area contributed by atoms with Crippen molar-refractivity contribution in [1.29, 1.82) is 0 Å². The minimum absolute atomic E-state index is 0.0279. The van der Waals surface area contributed by atoms with Crippen LogP contribution in [0.15, 0.2) is 53.4 Å². The molecule has 1 saturated heterocycles. The Bertz CT molecular complexity index is 986. The topological polar surface area (TPSA) is 105 Å². The summed E-state index contributed by atoms with van der Waals surface area (Å²) in [6.45, 7) is 1.52. The number of likely N-dealkylation sites (N-methyl/N-ethyl adjacent to an activating group) is 1. The molecule has 0 aromatic carbocycles. The molecule has 0 bridgehead atoms. The summed E-state index contributed by atoms with van der Waals surface area (Å²) in [5.74, 6) is 0.911. The number of likely N-dealkylation sites (tertiary alicyclic amines) is 1. The normalized spacial score (nSPS) is 13.8. The number of carbonyl (C=O) groups excluding carboxylic acids is 2. The van der Waals surface area contributed by atoms with Crippen molar-refractivity contribution in [3.05, 3.63) is 71.9 Å². The minimum atomic E-state index is -0.0992. The van der Waals surface area contributed by atoms with E-state index >= 15 is 0 Å². The summed E-state index contributed by atoms with van der Waals surface area (Å²) in [4.78, 5) is 40.4. The lowest BCUT2D eigenvalue weighted by Gasteiger charge is -2.36. The molecule has 148 valence electrons. The number of pyridine rings is 2. The molecule has 0 spiro atoms. The molecule has 1 aliphatic rings. The van der Waals surface area contributed by atoms with Crippen LogP contribution in [0.5, 0.6) is 0 Å². The predicted molar refractivity (Wildman–Crippen MR) is 102 cm³/mol. The van der Waals surface area contributed by atoms with E-state index in [1.807, 2.05) is 0 Å². The maximum atomic E-state index is 12.3. The van der Waals surface area contributed by atoms with Gasteiger partial charge in [0.2, 0.25) is 5.89 Å². The average molecular weight is 392 g/mol. The molecule has 4 heterocycles. The molecular formula is C20H20N6O3. The highest BCUT2D eigenvalue weighted by molar-refractivity contribution is 5.94. The lowest BCUT2D eigenvalue weighted by Crippen LogP contribution is -2.48. The quantitative estimate of drug-likeness (QED) is 0.624. The second kappa shape index (κ2) is 8.17. The highest BCUT2D eigenvalue weighted by Gasteiger charge is 2.36. The number of rotatable bonds is 6. The molecule has 9 heteroatoms. The largest absolute Gasteiger partial charge is 0.341 e. The van der Waals surface area contributed by atoms with Gasteiger partial charge in [0.1, 0.15) is 5.69 Å². The van der Waals surface area contributed by atoms with Crippen molar-refractivity contribution >= 4 is 11.8 Å². The third-order valence-electron chi connectivity index (χ3n) is 4.83. The molecule has 0 atom stereocenters. The Morgan fingerprint density at radius 1 is 1.17 bits per heavy atom. The Labute approximate surface area is 167 Å². The third-order valence-corrected chi connectivity index (χ3v) is 4.83. The van der Waals surface area contributed by atoms with E-state index in [4.69, 9.17) is 4.52 Å². The number of nitrogens with zero attached hydrogens (tertiary/aromatic N) is 6. The second-order valence-electron chi connectivity index (χ2n) is 6.88. The van der Waals surface area contributed by atoms with Crippen LogP contribution in [0.4, 0.5) is 0 Å². The first kappa shape index (κ1) is 18.7. The maximum absolute atomic E-state index is 12.3. The van der Waals surface area contributed by atoms with Crippen LogP contribution in [0.3, 0.4) is 0 Å². The fourth-order valence-corrected chi connectivity index (χ4v) is 3.07. The van der Waals surface area contributed by atoms with Crippen LogP contribution in [-0.4, -0.2) is 68.4 Å². The van der Waals surface area contributed by atoms with Crippen LogP contribution >= 0.6 is 0 Å². The van der Waals surface area contributed by atoms with Crippen LogP contribution in [0, 0.1) is 0 Å². The van der Waals surface area contributed by atoms with Crippen molar-refractivity contribution in [3.63, 3.8) is 0 Å². The molecule has 0 radical (unpaired) electrons. The van der Waals surface area contributed by atoms with Crippen LogP contribution < -0.4 is 0 Å². The molecule has 1 aliphatic heterocycles. The van der Waals surface area contributed by atoms with E-state index in [0.717, 1.165) is 0 Å². The molecule has 29 heavy (non-hydrogen) atoms. The van der Waals surface area contributed by atoms with Gasteiger partial charge in [-0.25, -0.2) is 0 Å². The fraction of sp³-hybridized carbons (Fsp3) is 0.300. The van der Waals surface area contributed by atoms with Gasteiger partial charge in [0.15, 0.2) is 5.82 Å². The molecule has 3 aromatic heterocycles. The average Bonchev–Trinajstić information content (AvgIpc) is 3.20. The van der Waals surface area contributed by atoms with Crippen molar-refractivity contribution < 1.29 is 14.1 Å². The van der Waals surface area contributed by atoms with Gasteiger partial charge in [-0.05, 0) is 24.3 Å². The first-order valence-corrected chi connectivity index (χ1v) is 9.30. The molecule has 1 fully saturated rings. The summed E-state index contributed by atoms with van der Waals surface area (Å²) in [5, 5.41) is 4.00. The summed E-state index contributed by atoms with van der Waals surface area (Å²) in [5.41, 5.74) is 1.02. The molecular weight excluding hydrogens is 372 g/mol. The molecule has 4 rings (SSSR count). The van der Waals surface area contributed by atoms with Gasteiger partial charge in [-0.3, -0.25) is 19.6 Å². The van der Waals surface area contributed by atoms with Crippen molar-refractivity contribution in [2.24, 2.45) is 0 Å². The van der Waals surface area contributed by atoms with Crippen molar-refractivity contribution in [3.8, 4) is 0 Å². The van der Waals surface area contributed by atoms with Gasteiger partial charge in [0.25, 0.3) is 11.8 Å². The molecule has 0 unspecified atom stereocenters. The number of carbonyl (C=O) groups is 2. The Morgan fingerprint density at radius 3 is 2.69 bits per heavy atom. The second-order valence-corrected chi connectivity index (χ2v) is 6.88. The molecule has 0 saturated carbocycles. The predicted octanol–water partition coefficient (Wildman–Crippen LogP) is 1.41. The third kappa shape index (κ3) is 4.13. The van der Waals surface area contributed by atoms with Gasteiger partial charge < -0.3 is 14.3 Å². The van der Waals surface area contributed by atoms with Gasteiger partial charge in [-0.1, -0.05) is 11.2 Å².